The van der Waals surface area contributed by atoms with E-state index in [1.807, 2.05) is 26.0 Å². The number of nitrogens with two attached hydrogens (primary N) is 1. The van der Waals surface area contributed by atoms with Gasteiger partial charge >= 0.3 is 0 Å². The second-order valence-corrected chi connectivity index (χ2v) is 11.7. The first-order valence-electron chi connectivity index (χ1n) is 14.5. The molecule has 11 heteroatoms. The summed E-state index contributed by atoms with van der Waals surface area (Å²) in [6.45, 7) is 10.7. The van der Waals surface area contributed by atoms with Crippen molar-refractivity contribution >= 4 is 36.6 Å². The molecule has 1 saturated heterocycles. The number of rotatable bonds is 17. The fraction of sp³-hybridized carbons (Fsp3) is 0.733. The van der Waals surface area contributed by atoms with Crippen LogP contribution in [-0.2, 0) is 9.53 Å². The van der Waals surface area contributed by atoms with Crippen molar-refractivity contribution in [2.75, 3.05) is 40.0 Å². The summed E-state index contributed by atoms with van der Waals surface area (Å²) in [5, 5.41) is 20.1. The highest BCUT2D eigenvalue weighted by molar-refractivity contribution is 5.96. The van der Waals surface area contributed by atoms with E-state index >= 15 is 0 Å². The summed E-state index contributed by atoms with van der Waals surface area (Å²) < 4.78 is 10.9. The number of hydrogen-bond donors (Lipinski definition) is 5. The highest BCUT2D eigenvalue weighted by Crippen LogP contribution is 2.27. The lowest BCUT2D eigenvalue weighted by Crippen LogP contribution is -2.54. The molecular weight excluding hydrogens is 567 g/mol. The van der Waals surface area contributed by atoms with E-state index in [1.54, 1.807) is 19.2 Å². The minimum atomic E-state index is -0.881. The summed E-state index contributed by atoms with van der Waals surface area (Å²) in [6, 6.07) is 6.82. The molecule has 238 valence electrons. The van der Waals surface area contributed by atoms with Crippen molar-refractivity contribution in [1.82, 2.24) is 16.0 Å². The second-order valence-electron chi connectivity index (χ2n) is 11.7. The number of halogens is 2. The van der Waals surface area contributed by atoms with Gasteiger partial charge in [-0.1, -0.05) is 32.4 Å². The molecule has 2 amide bonds. The molecule has 6 N–H and O–H groups in total. The van der Waals surface area contributed by atoms with Gasteiger partial charge in [0.1, 0.15) is 5.75 Å². The van der Waals surface area contributed by atoms with E-state index in [0.29, 0.717) is 37.5 Å². The predicted octanol–water partition coefficient (Wildman–Crippen LogP) is 3.70. The summed E-state index contributed by atoms with van der Waals surface area (Å²) in [5.41, 5.74) is 6.29. The minimum absolute atomic E-state index is 0. The topological polar surface area (TPSA) is 135 Å². The average molecular weight is 622 g/mol. The molecule has 2 rings (SSSR count). The van der Waals surface area contributed by atoms with E-state index < -0.39 is 17.6 Å². The number of unbranched alkanes of at least 4 members (excludes halogenated alkanes) is 1. The molecule has 0 aliphatic carbocycles. The summed E-state index contributed by atoms with van der Waals surface area (Å²) in [4.78, 5) is 25.9. The Kier molecular flexibility index (Phi) is 19.5. The molecule has 0 saturated carbocycles. The molecule has 1 fully saturated rings. The fourth-order valence-corrected chi connectivity index (χ4v) is 4.93. The quantitative estimate of drug-likeness (QED) is 0.168. The van der Waals surface area contributed by atoms with Crippen molar-refractivity contribution in [3.63, 3.8) is 0 Å². The number of amides is 2. The number of methoxy groups -OCH3 is 1. The van der Waals surface area contributed by atoms with Crippen molar-refractivity contribution in [2.45, 2.75) is 84.4 Å². The molecule has 41 heavy (non-hydrogen) atoms. The van der Waals surface area contributed by atoms with E-state index in [2.05, 4.69) is 29.8 Å². The van der Waals surface area contributed by atoms with Crippen LogP contribution < -0.4 is 26.4 Å². The maximum absolute atomic E-state index is 13.0. The minimum Gasteiger partial charge on any atom is -0.493 e. The lowest BCUT2D eigenvalue weighted by atomic mass is 9.79. The molecule has 1 heterocycles. The van der Waals surface area contributed by atoms with Crippen molar-refractivity contribution in [1.29, 1.82) is 0 Å². The SMILES string of the molecule is COCCCCOc1ccccc1C(=O)NC[C@H](C[C@H](N)[C@@H](O)CNC(=O)C(C)(C)C1CCCCN1)C(C)C.Cl.Cl. The molecule has 0 bridgehead atoms. The molecule has 9 nitrogen and oxygen atoms in total. The Morgan fingerprint density at radius 2 is 1.78 bits per heavy atom. The predicted molar refractivity (Wildman–Crippen MR) is 169 cm³/mol. The zero-order valence-corrected chi connectivity index (χ0v) is 27.1. The molecule has 1 aromatic rings. The number of aliphatic hydroxyl groups is 1. The van der Waals surface area contributed by atoms with Gasteiger partial charge in [0.05, 0.1) is 23.7 Å². The molecule has 1 unspecified atom stereocenters. The molecule has 0 radical (unpaired) electrons. The third kappa shape index (κ3) is 13.1. The summed E-state index contributed by atoms with van der Waals surface area (Å²) >= 11 is 0. The van der Waals surface area contributed by atoms with Crippen LogP contribution >= 0.6 is 24.8 Å². The van der Waals surface area contributed by atoms with Gasteiger partial charge in [0.15, 0.2) is 0 Å². The van der Waals surface area contributed by atoms with Gasteiger partial charge in [0.2, 0.25) is 5.91 Å². The summed E-state index contributed by atoms with van der Waals surface area (Å²) in [7, 11) is 1.67. The standard InChI is InChI=1S/C30H52N4O5.2ClH/c1-21(2)22(19-33-28(36)23-12-6-7-13-26(23)39-17-11-10-16-38-5)18-24(31)25(35)20-34-29(37)30(3,4)27-14-8-9-15-32-27;;/h6-7,12-13,21-22,24-25,27,32,35H,8-11,14-20,31H2,1-5H3,(H,33,36)(H,34,37);2*1H/t22-,24-,25-,27?;;/m0../s1. The first-order chi connectivity index (χ1) is 18.6. The van der Waals surface area contributed by atoms with Gasteiger partial charge in [-0.2, -0.15) is 0 Å². The molecule has 4 atom stereocenters. The van der Waals surface area contributed by atoms with E-state index in [0.717, 1.165) is 38.6 Å². The zero-order chi connectivity index (χ0) is 28.8. The lowest BCUT2D eigenvalue weighted by Gasteiger charge is -2.37. The van der Waals surface area contributed by atoms with Crippen LogP contribution in [0, 0.1) is 17.3 Å². The number of piperidine rings is 1. The Morgan fingerprint density at radius 3 is 2.41 bits per heavy atom. The van der Waals surface area contributed by atoms with Gasteiger partial charge in [-0.3, -0.25) is 9.59 Å². The second kappa shape index (κ2) is 20.3. The van der Waals surface area contributed by atoms with Gasteiger partial charge in [0, 0.05) is 38.9 Å². The van der Waals surface area contributed by atoms with Crippen molar-refractivity contribution in [2.24, 2.45) is 23.0 Å². The molecule has 1 aliphatic heterocycles. The van der Waals surface area contributed by atoms with E-state index in [-0.39, 0.29) is 61.1 Å². The summed E-state index contributed by atoms with van der Waals surface area (Å²) in [5.74, 6) is 0.567. The highest BCUT2D eigenvalue weighted by atomic mass is 35.5. The van der Waals surface area contributed by atoms with E-state index in [4.69, 9.17) is 15.2 Å². The van der Waals surface area contributed by atoms with E-state index in [1.165, 1.54) is 0 Å². The molecule has 0 aromatic heterocycles. The summed E-state index contributed by atoms with van der Waals surface area (Å²) in [6.07, 6.45) is 4.58. The van der Waals surface area contributed by atoms with Crippen molar-refractivity contribution < 1.29 is 24.2 Å². The van der Waals surface area contributed by atoms with Crippen LogP contribution in [0.5, 0.6) is 5.75 Å². The Hall–Kier alpha value is -1.62. The number of carbonyl (C=O) groups is 2. The zero-order valence-electron chi connectivity index (χ0n) is 25.4. The van der Waals surface area contributed by atoms with Crippen molar-refractivity contribution in [3.8, 4) is 5.75 Å². The first-order valence-corrected chi connectivity index (χ1v) is 14.5. The monoisotopic (exact) mass is 620 g/mol. The van der Waals surface area contributed by atoms with Crippen LogP contribution in [0.1, 0.15) is 76.6 Å². The Balaban J connectivity index is 0.00000800. The third-order valence-corrected chi connectivity index (χ3v) is 7.91. The molecule has 1 aliphatic rings. The van der Waals surface area contributed by atoms with E-state index in [9.17, 15) is 14.7 Å². The van der Waals surface area contributed by atoms with Crippen LogP contribution in [0.15, 0.2) is 24.3 Å². The maximum Gasteiger partial charge on any atom is 0.255 e. The van der Waals surface area contributed by atoms with Crippen LogP contribution in [-0.4, -0.2) is 75.1 Å². The third-order valence-electron chi connectivity index (χ3n) is 7.91. The maximum atomic E-state index is 13.0. The van der Waals surface area contributed by atoms with Gasteiger partial charge < -0.3 is 36.3 Å². The first kappa shape index (κ1) is 39.4. The number of benzene rings is 1. The smallest absolute Gasteiger partial charge is 0.255 e. The molecular formula is C30H54Cl2N4O5. The number of para-hydroxylation sites is 1. The normalized spacial score (nSPS) is 17.4. The van der Waals surface area contributed by atoms with Crippen LogP contribution in [0.4, 0.5) is 0 Å². The lowest BCUT2D eigenvalue weighted by molar-refractivity contribution is -0.131. The molecule has 0 spiro atoms. The van der Waals surface area contributed by atoms with Crippen LogP contribution in [0.2, 0.25) is 0 Å². The van der Waals surface area contributed by atoms with Gasteiger partial charge in [-0.25, -0.2) is 0 Å². The largest absolute Gasteiger partial charge is 0.493 e. The number of carbonyl (C=O) groups excluding carboxylic acids is 2. The number of aliphatic hydroxyl groups excluding tert-OH is 1. The van der Waals surface area contributed by atoms with Crippen molar-refractivity contribution in [3.05, 3.63) is 29.8 Å². The average Bonchev–Trinajstić information content (AvgIpc) is 2.93. The fourth-order valence-electron chi connectivity index (χ4n) is 4.93. The van der Waals surface area contributed by atoms with Gasteiger partial charge in [-0.15, -0.1) is 24.8 Å². The van der Waals surface area contributed by atoms with Crippen LogP contribution in [0.25, 0.3) is 0 Å². The Labute approximate surface area is 259 Å². The highest BCUT2D eigenvalue weighted by Gasteiger charge is 2.37. The van der Waals surface area contributed by atoms with Crippen LogP contribution in [0.3, 0.4) is 0 Å². The Bertz CT molecular complexity index is 884. The number of hydrogen-bond acceptors (Lipinski definition) is 7. The van der Waals surface area contributed by atoms with Gasteiger partial charge in [-0.05, 0) is 76.5 Å². The number of ether oxygens (including phenoxy) is 2. The van der Waals surface area contributed by atoms with Gasteiger partial charge in [0.25, 0.3) is 5.91 Å². The Morgan fingerprint density at radius 1 is 1.10 bits per heavy atom. The number of nitrogens with one attached hydrogen (secondary N) is 3. The molecule has 1 aromatic carbocycles.